The van der Waals surface area contributed by atoms with Gasteiger partial charge in [0, 0.05) is 25.6 Å². The first-order chi connectivity index (χ1) is 17.9. The van der Waals surface area contributed by atoms with Gasteiger partial charge in [0.15, 0.2) is 0 Å². The van der Waals surface area contributed by atoms with Gasteiger partial charge in [-0.15, -0.1) is 0 Å². The highest BCUT2D eigenvalue weighted by Crippen LogP contribution is 2.24. The van der Waals surface area contributed by atoms with E-state index in [1.807, 2.05) is 38.1 Å². The summed E-state index contributed by atoms with van der Waals surface area (Å²) in [6.45, 7) is 4.45. The van der Waals surface area contributed by atoms with E-state index in [0.717, 1.165) is 36.8 Å². The summed E-state index contributed by atoms with van der Waals surface area (Å²) in [5, 5.41) is 3.20. The molecule has 0 radical (unpaired) electrons. The van der Waals surface area contributed by atoms with Crippen LogP contribution in [0.5, 0.6) is 0 Å². The van der Waals surface area contributed by atoms with Crippen LogP contribution in [0.15, 0.2) is 48.5 Å². The highest BCUT2D eigenvalue weighted by Gasteiger charge is 2.35. The van der Waals surface area contributed by atoms with Crippen LogP contribution < -0.4 is 5.32 Å². The fourth-order valence-electron chi connectivity index (χ4n) is 5.41. The molecule has 0 spiro atoms. The molecule has 1 N–H and O–H groups in total. The number of fused-ring (bicyclic) bond motifs is 1. The molecule has 1 heterocycles. The van der Waals surface area contributed by atoms with Crippen molar-refractivity contribution in [2.75, 3.05) is 6.54 Å². The number of hydrogen-bond acceptors (Lipinski definition) is 4. The standard InChI is InChI=1S/C30H37N3O4/c1-3-26(28(35)31-23-14-5-4-6-15-23)33(20-22-13-8-7-12-21(22)2)27(34)18-11-19-32-29(36)24-16-9-10-17-25(24)30(32)37/h7-10,12-13,16-17,23,26H,3-6,11,14-15,18-20H2,1-2H3,(H,31,35). The summed E-state index contributed by atoms with van der Waals surface area (Å²) < 4.78 is 0. The zero-order chi connectivity index (χ0) is 26.4. The Hall–Kier alpha value is -3.48. The number of nitrogens with zero attached hydrogens (tertiary/aromatic N) is 2. The van der Waals surface area contributed by atoms with Crippen LogP contribution in [-0.2, 0) is 16.1 Å². The van der Waals surface area contributed by atoms with Crippen molar-refractivity contribution in [1.29, 1.82) is 0 Å². The third-order valence-corrected chi connectivity index (χ3v) is 7.59. The quantitative estimate of drug-likeness (QED) is 0.479. The van der Waals surface area contributed by atoms with E-state index in [4.69, 9.17) is 0 Å². The first-order valence-corrected chi connectivity index (χ1v) is 13.5. The minimum absolute atomic E-state index is 0.100. The Kier molecular flexibility index (Phi) is 8.74. The normalized spacial score (nSPS) is 16.4. The largest absolute Gasteiger partial charge is 0.352 e. The van der Waals surface area contributed by atoms with Gasteiger partial charge in [0.2, 0.25) is 11.8 Å². The summed E-state index contributed by atoms with van der Waals surface area (Å²) >= 11 is 0. The molecule has 7 nitrogen and oxygen atoms in total. The topological polar surface area (TPSA) is 86.8 Å². The number of hydrogen-bond donors (Lipinski definition) is 1. The maximum absolute atomic E-state index is 13.6. The third kappa shape index (κ3) is 6.09. The smallest absolute Gasteiger partial charge is 0.261 e. The second-order valence-corrected chi connectivity index (χ2v) is 10.1. The number of carbonyl (C=O) groups excluding carboxylic acids is 4. The molecular weight excluding hydrogens is 466 g/mol. The van der Waals surface area contributed by atoms with Crippen molar-refractivity contribution in [3.8, 4) is 0 Å². The second-order valence-electron chi connectivity index (χ2n) is 10.1. The summed E-state index contributed by atoms with van der Waals surface area (Å²) in [7, 11) is 0. The molecule has 37 heavy (non-hydrogen) atoms. The molecule has 1 atom stereocenters. The highest BCUT2D eigenvalue weighted by atomic mass is 16.2. The molecule has 4 amide bonds. The summed E-state index contributed by atoms with van der Waals surface area (Å²) in [4.78, 5) is 55.2. The van der Waals surface area contributed by atoms with Crippen molar-refractivity contribution in [3.63, 3.8) is 0 Å². The van der Waals surface area contributed by atoms with Crippen LogP contribution in [0.4, 0.5) is 0 Å². The summed E-state index contributed by atoms with van der Waals surface area (Å²) in [5.41, 5.74) is 2.88. The van der Waals surface area contributed by atoms with Gasteiger partial charge in [0.05, 0.1) is 11.1 Å². The molecule has 1 unspecified atom stereocenters. The van der Waals surface area contributed by atoms with Crippen LogP contribution in [0.3, 0.4) is 0 Å². The van der Waals surface area contributed by atoms with E-state index in [-0.39, 0.29) is 42.6 Å². The molecule has 0 bridgehead atoms. The van der Waals surface area contributed by atoms with E-state index >= 15 is 0 Å². The Morgan fingerprint density at radius 1 is 0.973 bits per heavy atom. The molecule has 1 saturated carbocycles. The molecule has 4 rings (SSSR count). The van der Waals surface area contributed by atoms with Gasteiger partial charge in [-0.1, -0.05) is 62.6 Å². The lowest BCUT2D eigenvalue weighted by Gasteiger charge is -2.33. The highest BCUT2D eigenvalue weighted by molar-refractivity contribution is 6.21. The van der Waals surface area contributed by atoms with Gasteiger partial charge in [-0.3, -0.25) is 24.1 Å². The average molecular weight is 504 g/mol. The maximum atomic E-state index is 13.6. The molecule has 196 valence electrons. The van der Waals surface area contributed by atoms with Gasteiger partial charge in [0.1, 0.15) is 6.04 Å². The Morgan fingerprint density at radius 3 is 2.22 bits per heavy atom. The van der Waals surface area contributed by atoms with Gasteiger partial charge in [-0.05, 0) is 55.9 Å². The van der Waals surface area contributed by atoms with E-state index in [0.29, 0.717) is 30.5 Å². The number of carbonyl (C=O) groups is 4. The first-order valence-electron chi connectivity index (χ1n) is 13.5. The van der Waals surface area contributed by atoms with Crippen molar-refractivity contribution in [2.24, 2.45) is 0 Å². The van der Waals surface area contributed by atoms with E-state index < -0.39 is 6.04 Å². The summed E-state index contributed by atoms with van der Waals surface area (Å²) in [6.07, 6.45) is 6.39. The van der Waals surface area contributed by atoms with Crippen LogP contribution in [0, 0.1) is 6.92 Å². The lowest BCUT2D eigenvalue weighted by atomic mass is 9.95. The number of imide groups is 1. The monoisotopic (exact) mass is 503 g/mol. The number of rotatable bonds is 10. The van der Waals surface area contributed by atoms with Crippen LogP contribution in [-0.4, -0.2) is 52.1 Å². The van der Waals surface area contributed by atoms with Crippen LogP contribution >= 0.6 is 0 Å². The zero-order valence-corrected chi connectivity index (χ0v) is 21.9. The van der Waals surface area contributed by atoms with E-state index in [2.05, 4.69) is 5.32 Å². The first kappa shape index (κ1) is 26.6. The number of nitrogens with one attached hydrogen (secondary N) is 1. The van der Waals surface area contributed by atoms with Crippen molar-refractivity contribution in [3.05, 3.63) is 70.8 Å². The molecule has 1 aliphatic carbocycles. The van der Waals surface area contributed by atoms with Crippen LogP contribution in [0.2, 0.25) is 0 Å². The Bertz CT molecular complexity index is 1120. The SMILES string of the molecule is CCC(C(=O)NC1CCCCC1)N(Cc1ccccc1C)C(=O)CCCN1C(=O)c2ccccc2C1=O. The second kappa shape index (κ2) is 12.2. The van der Waals surface area contributed by atoms with Gasteiger partial charge < -0.3 is 10.2 Å². The average Bonchev–Trinajstić information content (AvgIpc) is 3.15. The molecule has 0 saturated heterocycles. The lowest BCUT2D eigenvalue weighted by molar-refractivity contribution is -0.142. The lowest BCUT2D eigenvalue weighted by Crippen LogP contribution is -2.51. The predicted octanol–water partition coefficient (Wildman–Crippen LogP) is 4.63. The Labute approximate surface area is 219 Å². The molecule has 2 aliphatic rings. The van der Waals surface area contributed by atoms with Crippen molar-refractivity contribution >= 4 is 23.6 Å². The van der Waals surface area contributed by atoms with Gasteiger partial charge in [-0.2, -0.15) is 0 Å². The number of benzene rings is 2. The molecule has 1 aliphatic heterocycles. The van der Waals surface area contributed by atoms with Crippen molar-refractivity contribution in [1.82, 2.24) is 15.1 Å². The number of amides is 4. The predicted molar refractivity (Wildman–Crippen MR) is 142 cm³/mol. The third-order valence-electron chi connectivity index (χ3n) is 7.59. The zero-order valence-electron chi connectivity index (χ0n) is 21.9. The van der Waals surface area contributed by atoms with Crippen molar-refractivity contribution < 1.29 is 19.2 Å². The number of aryl methyl sites for hydroxylation is 1. The van der Waals surface area contributed by atoms with E-state index in [1.165, 1.54) is 11.3 Å². The molecular formula is C30H37N3O4. The molecule has 0 aromatic heterocycles. The maximum Gasteiger partial charge on any atom is 0.261 e. The van der Waals surface area contributed by atoms with Crippen LogP contribution in [0.1, 0.15) is 90.1 Å². The Morgan fingerprint density at radius 2 is 1.59 bits per heavy atom. The van der Waals surface area contributed by atoms with E-state index in [9.17, 15) is 19.2 Å². The van der Waals surface area contributed by atoms with Gasteiger partial charge in [-0.25, -0.2) is 0 Å². The fourth-order valence-corrected chi connectivity index (χ4v) is 5.41. The molecule has 2 aromatic carbocycles. The van der Waals surface area contributed by atoms with E-state index in [1.54, 1.807) is 29.2 Å². The Balaban J connectivity index is 1.45. The molecule has 1 fully saturated rings. The molecule has 2 aromatic rings. The molecule has 7 heteroatoms. The fraction of sp³-hybridized carbons (Fsp3) is 0.467. The van der Waals surface area contributed by atoms with Gasteiger partial charge >= 0.3 is 0 Å². The van der Waals surface area contributed by atoms with Crippen LogP contribution in [0.25, 0.3) is 0 Å². The van der Waals surface area contributed by atoms with Gasteiger partial charge in [0.25, 0.3) is 11.8 Å². The summed E-state index contributed by atoms with van der Waals surface area (Å²) in [5.74, 6) is -0.881. The minimum atomic E-state index is -0.576. The summed E-state index contributed by atoms with van der Waals surface area (Å²) in [6, 6.07) is 14.3. The minimum Gasteiger partial charge on any atom is -0.352 e. The van der Waals surface area contributed by atoms with Crippen molar-refractivity contribution in [2.45, 2.75) is 83.8 Å².